The quantitative estimate of drug-likeness (QED) is 0.650. The molecule has 0 N–H and O–H groups in total. The molecule has 4 bridgehead atoms. The van der Waals surface area contributed by atoms with E-state index >= 15 is 0 Å². The molecule has 1 unspecified atom stereocenters. The number of carbonyl (C=O) groups is 3. The van der Waals surface area contributed by atoms with Crippen LogP contribution in [0.5, 0.6) is 0 Å². The lowest BCUT2D eigenvalue weighted by molar-refractivity contribution is -0.164. The molecule has 0 spiro atoms. The summed E-state index contributed by atoms with van der Waals surface area (Å²) in [4.78, 5) is 44.3. The van der Waals surface area contributed by atoms with E-state index < -0.39 is 6.04 Å². The number of carbonyl (C=O) groups excluding carboxylic acids is 3. The van der Waals surface area contributed by atoms with Crippen LogP contribution in [0.4, 0.5) is 5.69 Å². The van der Waals surface area contributed by atoms with Gasteiger partial charge in [0.15, 0.2) is 0 Å². The summed E-state index contributed by atoms with van der Waals surface area (Å²) >= 11 is 0. The van der Waals surface area contributed by atoms with Gasteiger partial charge >= 0.3 is 0 Å². The van der Waals surface area contributed by atoms with Crippen LogP contribution in [0.1, 0.15) is 76.2 Å². The van der Waals surface area contributed by atoms with Crippen LogP contribution in [0.2, 0.25) is 0 Å². The molecule has 6 aliphatic rings. The molecule has 1 heterocycles. The van der Waals surface area contributed by atoms with Gasteiger partial charge in [0.1, 0.15) is 6.04 Å². The Morgan fingerprint density at radius 2 is 1.50 bits per heavy atom. The number of imide groups is 1. The predicted molar refractivity (Wildman–Crippen MR) is 122 cm³/mol. The van der Waals surface area contributed by atoms with Crippen LogP contribution in [0, 0.1) is 30.1 Å². The summed E-state index contributed by atoms with van der Waals surface area (Å²) in [5.41, 5.74) is 1.44. The van der Waals surface area contributed by atoms with Gasteiger partial charge in [-0.05, 0) is 88.2 Å². The molecule has 7 rings (SSSR count). The fourth-order valence-electron chi connectivity index (χ4n) is 8.19. The fraction of sp³-hybridized carbons (Fsp3) is 0.667. The van der Waals surface area contributed by atoms with Crippen molar-refractivity contribution in [2.24, 2.45) is 23.2 Å². The molecule has 5 aliphatic carbocycles. The van der Waals surface area contributed by atoms with E-state index in [-0.39, 0.29) is 35.6 Å². The van der Waals surface area contributed by atoms with Gasteiger partial charge in [0.25, 0.3) is 5.91 Å². The highest BCUT2D eigenvalue weighted by atomic mass is 16.2. The van der Waals surface area contributed by atoms with E-state index in [1.54, 1.807) is 0 Å². The van der Waals surface area contributed by atoms with Gasteiger partial charge in [-0.25, -0.2) is 4.90 Å². The highest BCUT2D eigenvalue weighted by Crippen LogP contribution is 2.61. The number of benzene rings is 1. The lowest BCUT2D eigenvalue weighted by Gasteiger charge is -2.57. The Hall–Kier alpha value is -2.17. The molecule has 3 amide bonds. The van der Waals surface area contributed by atoms with Crippen LogP contribution in [-0.2, 0) is 14.4 Å². The number of rotatable bonds is 4. The van der Waals surface area contributed by atoms with E-state index in [4.69, 9.17) is 0 Å². The third-order valence-corrected chi connectivity index (χ3v) is 9.20. The predicted octanol–water partition coefficient (Wildman–Crippen LogP) is 4.61. The van der Waals surface area contributed by atoms with Crippen molar-refractivity contribution in [3.8, 4) is 0 Å². The number of amides is 3. The molecule has 1 aromatic carbocycles. The average Bonchev–Trinajstić information content (AvgIpc) is 3.37. The Balaban J connectivity index is 1.33. The monoisotopic (exact) mass is 434 g/mol. The second-order valence-corrected chi connectivity index (χ2v) is 11.5. The molecule has 6 fully saturated rings. The maximum atomic E-state index is 14.4. The number of anilines is 1. The lowest BCUT2D eigenvalue weighted by Crippen LogP contribution is -2.59. The highest BCUT2D eigenvalue weighted by molar-refractivity contribution is 6.23. The van der Waals surface area contributed by atoms with Gasteiger partial charge in [-0.2, -0.15) is 0 Å². The fourth-order valence-corrected chi connectivity index (χ4v) is 8.19. The molecule has 1 saturated heterocycles. The summed E-state index contributed by atoms with van der Waals surface area (Å²) in [6.07, 6.45) is 11.1. The van der Waals surface area contributed by atoms with E-state index in [0.717, 1.165) is 50.5 Å². The first-order valence-corrected chi connectivity index (χ1v) is 12.7. The van der Waals surface area contributed by atoms with Crippen molar-refractivity contribution < 1.29 is 14.4 Å². The van der Waals surface area contributed by atoms with Gasteiger partial charge in [0.2, 0.25) is 11.8 Å². The van der Waals surface area contributed by atoms with Crippen LogP contribution < -0.4 is 4.90 Å². The molecule has 1 aliphatic heterocycles. The number of nitrogens with zero attached hydrogens (tertiary/aromatic N) is 2. The molecule has 32 heavy (non-hydrogen) atoms. The molecule has 0 radical (unpaired) electrons. The number of hydrogen-bond donors (Lipinski definition) is 0. The topological polar surface area (TPSA) is 57.7 Å². The van der Waals surface area contributed by atoms with E-state index in [0.29, 0.717) is 23.4 Å². The highest BCUT2D eigenvalue weighted by Gasteiger charge is 2.58. The summed E-state index contributed by atoms with van der Waals surface area (Å²) in [7, 11) is 0. The van der Waals surface area contributed by atoms with Gasteiger partial charge in [-0.15, -0.1) is 0 Å². The molecule has 5 saturated carbocycles. The minimum Gasteiger partial charge on any atom is -0.327 e. The van der Waals surface area contributed by atoms with Crippen LogP contribution in [0.15, 0.2) is 24.3 Å². The van der Waals surface area contributed by atoms with Crippen molar-refractivity contribution in [3.63, 3.8) is 0 Å². The maximum absolute atomic E-state index is 14.4. The molecule has 5 heteroatoms. The molecular weight excluding hydrogens is 400 g/mol. The Morgan fingerprint density at radius 1 is 0.938 bits per heavy atom. The Kier molecular flexibility index (Phi) is 4.74. The third kappa shape index (κ3) is 3.14. The largest absolute Gasteiger partial charge is 0.327 e. The van der Waals surface area contributed by atoms with E-state index in [1.165, 1.54) is 24.2 Å². The van der Waals surface area contributed by atoms with Crippen molar-refractivity contribution in [2.75, 3.05) is 4.90 Å². The van der Waals surface area contributed by atoms with Crippen LogP contribution in [-0.4, -0.2) is 34.7 Å². The number of aryl methyl sites for hydroxylation is 1. The third-order valence-electron chi connectivity index (χ3n) is 9.20. The lowest BCUT2D eigenvalue weighted by atomic mass is 9.49. The van der Waals surface area contributed by atoms with Crippen molar-refractivity contribution in [3.05, 3.63) is 29.8 Å². The Bertz CT molecular complexity index is 911. The van der Waals surface area contributed by atoms with Crippen molar-refractivity contribution >= 4 is 23.4 Å². The minimum atomic E-state index is -0.632. The molecule has 1 atom stereocenters. The summed E-state index contributed by atoms with van der Waals surface area (Å²) in [6.45, 7) is 1.99. The van der Waals surface area contributed by atoms with E-state index in [9.17, 15) is 14.4 Å². The summed E-state index contributed by atoms with van der Waals surface area (Å²) < 4.78 is 0. The standard InChI is InChI=1S/C27H34N2O3/c1-17-6-8-22(9-7-17)29-24(30)13-23(25(29)31)28(21-4-2-3-5-21)26(32)27-14-18-10-19(15-27)12-20(11-18)16-27/h6-9,18-21,23H,2-5,10-16H2,1H3. The van der Waals surface area contributed by atoms with Gasteiger partial charge in [0, 0.05) is 6.04 Å². The SMILES string of the molecule is Cc1ccc(N2C(=O)CC(N(C(=O)C34CC5CC(CC(C5)C3)C4)C3CCCC3)C2=O)cc1. The van der Waals surface area contributed by atoms with Crippen LogP contribution in [0.25, 0.3) is 0 Å². The normalized spacial score (nSPS) is 36.3. The average molecular weight is 435 g/mol. The maximum Gasteiger partial charge on any atom is 0.257 e. The zero-order chi connectivity index (χ0) is 22.0. The van der Waals surface area contributed by atoms with Crippen molar-refractivity contribution in [1.29, 1.82) is 0 Å². The molecule has 5 nitrogen and oxygen atoms in total. The minimum absolute atomic E-state index is 0.107. The molecular formula is C27H34N2O3. The summed E-state index contributed by atoms with van der Waals surface area (Å²) in [5.74, 6) is 1.87. The molecule has 0 aromatic heterocycles. The Morgan fingerprint density at radius 3 is 2.06 bits per heavy atom. The summed E-state index contributed by atoms with van der Waals surface area (Å²) in [5, 5.41) is 0. The van der Waals surface area contributed by atoms with Gasteiger partial charge in [-0.3, -0.25) is 14.4 Å². The zero-order valence-corrected chi connectivity index (χ0v) is 19.1. The van der Waals surface area contributed by atoms with Gasteiger partial charge in [0.05, 0.1) is 17.5 Å². The first kappa shape index (κ1) is 20.4. The van der Waals surface area contributed by atoms with E-state index in [2.05, 4.69) is 0 Å². The first-order chi connectivity index (χ1) is 15.4. The second kappa shape index (κ2) is 7.43. The van der Waals surface area contributed by atoms with E-state index in [1.807, 2.05) is 36.1 Å². The number of hydrogen-bond acceptors (Lipinski definition) is 3. The van der Waals surface area contributed by atoms with Gasteiger partial charge in [-0.1, -0.05) is 30.5 Å². The van der Waals surface area contributed by atoms with Crippen LogP contribution >= 0.6 is 0 Å². The smallest absolute Gasteiger partial charge is 0.257 e. The molecule has 170 valence electrons. The van der Waals surface area contributed by atoms with Crippen molar-refractivity contribution in [1.82, 2.24) is 4.90 Å². The van der Waals surface area contributed by atoms with Crippen LogP contribution in [0.3, 0.4) is 0 Å². The Labute approximate surface area is 190 Å². The van der Waals surface area contributed by atoms with Gasteiger partial charge < -0.3 is 4.90 Å². The first-order valence-electron chi connectivity index (χ1n) is 12.7. The summed E-state index contributed by atoms with van der Waals surface area (Å²) in [6, 6.07) is 7.02. The zero-order valence-electron chi connectivity index (χ0n) is 19.1. The van der Waals surface area contributed by atoms with Crippen molar-refractivity contribution in [2.45, 2.75) is 89.6 Å². The molecule has 1 aromatic rings. The second-order valence-electron chi connectivity index (χ2n) is 11.5.